The van der Waals surface area contributed by atoms with Crippen molar-refractivity contribution in [2.45, 2.75) is 18.4 Å². The number of para-hydroxylation sites is 2. The monoisotopic (exact) mass is 406 g/mol. The number of rotatable bonds is 7. The van der Waals surface area contributed by atoms with Crippen LogP contribution in [0, 0.1) is 0 Å². The number of carbonyl (C=O) groups is 4. The number of nitrogens with one attached hydrogen (secondary N) is 1. The van der Waals surface area contributed by atoms with Crippen molar-refractivity contribution in [1.82, 2.24) is 10.2 Å². The number of hydrogen-bond donors (Lipinski definition) is 2. The first-order chi connectivity index (χ1) is 13.4. The van der Waals surface area contributed by atoms with E-state index in [0.717, 1.165) is 10.7 Å². The molecular weight excluding hydrogens is 384 g/mol. The number of nitrogens with two attached hydrogens (primary N) is 1. The molecule has 2 fully saturated rings. The Morgan fingerprint density at radius 3 is 2.75 bits per heavy atom. The summed E-state index contributed by atoms with van der Waals surface area (Å²) in [5.74, 6) is 0.258. The molecule has 5 amide bonds. The summed E-state index contributed by atoms with van der Waals surface area (Å²) in [6, 6.07) is 6.24. The number of thioether (sulfide) groups is 1. The smallest absolute Gasteiger partial charge is 0.325 e. The fraction of sp³-hybridized carbons (Fsp3) is 0.444. The Morgan fingerprint density at radius 2 is 2.11 bits per heavy atom. The highest BCUT2D eigenvalue weighted by atomic mass is 32.2. The molecule has 0 aliphatic carbocycles. The number of hydrogen-bond acceptors (Lipinski definition) is 6. The summed E-state index contributed by atoms with van der Waals surface area (Å²) in [4.78, 5) is 51.7. The van der Waals surface area contributed by atoms with Crippen LogP contribution >= 0.6 is 11.8 Å². The molecule has 10 heteroatoms. The van der Waals surface area contributed by atoms with Gasteiger partial charge < -0.3 is 20.7 Å². The van der Waals surface area contributed by atoms with Crippen molar-refractivity contribution >= 4 is 41.2 Å². The minimum Gasteiger partial charge on any atom is -0.495 e. The van der Waals surface area contributed by atoms with Crippen LogP contribution in [-0.4, -0.2) is 65.9 Å². The van der Waals surface area contributed by atoms with E-state index < -0.39 is 29.9 Å². The number of carbonyl (C=O) groups excluding carboxylic acids is 4. The summed E-state index contributed by atoms with van der Waals surface area (Å²) in [5, 5.41) is 2.73. The summed E-state index contributed by atoms with van der Waals surface area (Å²) in [6.45, 7) is -0.410. The van der Waals surface area contributed by atoms with Gasteiger partial charge in [0.2, 0.25) is 11.8 Å². The number of urea groups is 1. The van der Waals surface area contributed by atoms with E-state index in [0.29, 0.717) is 23.6 Å². The second kappa shape index (κ2) is 8.09. The van der Waals surface area contributed by atoms with E-state index in [4.69, 9.17) is 10.5 Å². The van der Waals surface area contributed by atoms with Crippen molar-refractivity contribution in [2.75, 3.05) is 36.6 Å². The molecule has 0 aromatic heterocycles. The minimum absolute atomic E-state index is 0.0131. The number of amides is 5. The van der Waals surface area contributed by atoms with Crippen LogP contribution in [0.25, 0.3) is 0 Å². The highest BCUT2D eigenvalue weighted by Gasteiger charge is 2.53. The summed E-state index contributed by atoms with van der Waals surface area (Å²) >= 11 is 1.59. The fourth-order valence-corrected chi connectivity index (χ4v) is 4.65. The third-order valence-electron chi connectivity index (χ3n) is 4.82. The van der Waals surface area contributed by atoms with Gasteiger partial charge >= 0.3 is 6.03 Å². The molecule has 28 heavy (non-hydrogen) atoms. The second-order valence-corrected chi connectivity index (χ2v) is 7.74. The quantitative estimate of drug-likeness (QED) is 0.630. The van der Waals surface area contributed by atoms with Crippen molar-refractivity contribution in [3.05, 3.63) is 24.3 Å². The maximum absolute atomic E-state index is 13.0. The zero-order chi connectivity index (χ0) is 20.3. The van der Waals surface area contributed by atoms with Gasteiger partial charge in [-0.25, -0.2) is 4.79 Å². The molecule has 2 aliphatic rings. The van der Waals surface area contributed by atoms with Crippen LogP contribution in [0.5, 0.6) is 5.75 Å². The summed E-state index contributed by atoms with van der Waals surface area (Å²) < 4.78 is 5.30. The van der Waals surface area contributed by atoms with E-state index in [-0.39, 0.29) is 18.9 Å². The molecule has 2 saturated heterocycles. The van der Waals surface area contributed by atoms with Crippen LogP contribution in [0.2, 0.25) is 0 Å². The van der Waals surface area contributed by atoms with Gasteiger partial charge in [-0.15, -0.1) is 0 Å². The summed E-state index contributed by atoms with van der Waals surface area (Å²) in [5.41, 5.74) is 4.76. The highest BCUT2D eigenvalue weighted by molar-refractivity contribution is 7.99. The number of nitrogens with zero attached hydrogens (tertiary/aromatic N) is 2. The van der Waals surface area contributed by atoms with E-state index in [9.17, 15) is 19.2 Å². The van der Waals surface area contributed by atoms with E-state index in [1.807, 2.05) is 0 Å². The number of benzene rings is 1. The van der Waals surface area contributed by atoms with Gasteiger partial charge in [-0.2, -0.15) is 11.8 Å². The number of methoxy groups -OCH3 is 1. The minimum atomic E-state index is -0.912. The van der Waals surface area contributed by atoms with E-state index in [2.05, 4.69) is 5.32 Å². The predicted molar refractivity (Wildman–Crippen MR) is 104 cm³/mol. The van der Waals surface area contributed by atoms with E-state index in [1.54, 1.807) is 36.0 Å². The molecule has 1 aromatic rings. The zero-order valence-electron chi connectivity index (χ0n) is 15.5. The first-order valence-electron chi connectivity index (χ1n) is 8.81. The Hall–Kier alpha value is -2.75. The van der Waals surface area contributed by atoms with Gasteiger partial charge in [-0.1, -0.05) is 12.1 Å². The van der Waals surface area contributed by atoms with E-state index >= 15 is 0 Å². The van der Waals surface area contributed by atoms with Crippen molar-refractivity contribution in [3.8, 4) is 5.75 Å². The molecule has 3 rings (SSSR count). The largest absolute Gasteiger partial charge is 0.495 e. The first kappa shape index (κ1) is 20.0. The molecule has 1 unspecified atom stereocenters. The lowest BCUT2D eigenvalue weighted by Crippen LogP contribution is -2.48. The Balaban J connectivity index is 1.82. The highest BCUT2D eigenvalue weighted by Crippen LogP contribution is 2.34. The molecule has 1 spiro atoms. The fourth-order valence-electron chi connectivity index (χ4n) is 3.33. The molecule has 3 N–H and O–H groups in total. The van der Waals surface area contributed by atoms with Crippen LogP contribution in [0.15, 0.2) is 24.3 Å². The number of ether oxygens (including phenoxy) is 1. The van der Waals surface area contributed by atoms with E-state index in [1.165, 1.54) is 12.0 Å². The average molecular weight is 406 g/mol. The van der Waals surface area contributed by atoms with Gasteiger partial charge in [0.05, 0.1) is 12.8 Å². The van der Waals surface area contributed by atoms with Crippen LogP contribution in [0.1, 0.15) is 12.8 Å². The zero-order valence-corrected chi connectivity index (χ0v) is 16.3. The molecule has 1 atom stereocenters. The van der Waals surface area contributed by atoms with Crippen LogP contribution in [-0.2, 0) is 14.4 Å². The van der Waals surface area contributed by atoms with Crippen LogP contribution < -0.4 is 20.7 Å². The maximum atomic E-state index is 13.0. The number of imide groups is 1. The molecular formula is C18H22N4O5S. The standard InChI is InChI=1S/C18H22N4O5S/c1-27-13-5-3-2-4-12(13)21(8-6-14(19)23)15(24)10-22-16(25)18(20-17(22)26)7-9-28-11-18/h2-5H,6-11H2,1H3,(H2,19,23)(H,20,26). The lowest BCUT2D eigenvalue weighted by Gasteiger charge is -2.26. The molecule has 2 heterocycles. The lowest BCUT2D eigenvalue weighted by molar-refractivity contribution is -0.133. The van der Waals surface area contributed by atoms with Crippen molar-refractivity contribution in [1.29, 1.82) is 0 Å². The van der Waals surface area contributed by atoms with Gasteiger partial charge in [0.1, 0.15) is 17.8 Å². The second-order valence-electron chi connectivity index (χ2n) is 6.64. The lowest BCUT2D eigenvalue weighted by atomic mass is 9.99. The Kier molecular flexibility index (Phi) is 5.78. The van der Waals surface area contributed by atoms with Gasteiger partial charge in [0.15, 0.2) is 0 Å². The third-order valence-corrected chi connectivity index (χ3v) is 6.01. The third kappa shape index (κ3) is 3.77. The van der Waals surface area contributed by atoms with Gasteiger partial charge in [-0.05, 0) is 24.3 Å². The van der Waals surface area contributed by atoms with Gasteiger partial charge in [0, 0.05) is 18.7 Å². The van der Waals surface area contributed by atoms with Gasteiger partial charge in [-0.3, -0.25) is 19.3 Å². The SMILES string of the molecule is COc1ccccc1N(CCC(N)=O)C(=O)CN1C(=O)NC2(CCSC2)C1=O. The van der Waals surface area contributed by atoms with Crippen molar-refractivity contribution in [2.24, 2.45) is 5.73 Å². The van der Waals surface area contributed by atoms with Crippen LogP contribution in [0.4, 0.5) is 10.5 Å². The Labute approximate surface area is 166 Å². The number of primary amides is 1. The summed E-state index contributed by atoms with van der Waals surface area (Å²) in [6.07, 6.45) is 0.481. The first-order valence-corrected chi connectivity index (χ1v) is 9.97. The molecule has 150 valence electrons. The predicted octanol–water partition coefficient (Wildman–Crippen LogP) is 0.331. The molecule has 2 aliphatic heterocycles. The van der Waals surface area contributed by atoms with Gasteiger partial charge in [0.25, 0.3) is 5.91 Å². The maximum Gasteiger partial charge on any atom is 0.325 e. The molecule has 9 nitrogen and oxygen atoms in total. The normalized spacial score (nSPS) is 21.1. The van der Waals surface area contributed by atoms with Crippen molar-refractivity contribution < 1.29 is 23.9 Å². The molecule has 0 radical (unpaired) electrons. The Morgan fingerprint density at radius 1 is 1.36 bits per heavy atom. The molecule has 0 bridgehead atoms. The number of anilines is 1. The van der Waals surface area contributed by atoms with Crippen molar-refractivity contribution in [3.63, 3.8) is 0 Å². The topological polar surface area (TPSA) is 122 Å². The van der Waals surface area contributed by atoms with Crippen LogP contribution in [0.3, 0.4) is 0 Å². The average Bonchev–Trinajstić information content (AvgIpc) is 3.23. The Bertz CT molecular complexity index is 809. The molecule has 0 saturated carbocycles. The summed E-state index contributed by atoms with van der Waals surface area (Å²) in [7, 11) is 1.47. The molecule has 1 aromatic carbocycles.